The van der Waals surface area contributed by atoms with Crippen LogP contribution in [-0.4, -0.2) is 66.2 Å². The summed E-state index contributed by atoms with van der Waals surface area (Å²) >= 11 is 0. The molecule has 12 heteroatoms. The molecule has 4 heterocycles. The zero-order valence-corrected chi connectivity index (χ0v) is 37.2. The van der Waals surface area contributed by atoms with Gasteiger partial charge >= 0.3 is 0 Å². The summed E-state index contributed by atoms with van der Waals surface area (Å²) in [6.07, 6.45) is 11.8. The van der Waals surface area contributed by atoms with Crippen LogP contribution in [0.15, 0.2) is 96.8 Å². The smallest absolute Gasteiger partial charge is 0.124 e. The fourth-order valence-corrected chi connectivity index (χ4v) is 7.02. The van der Waals surface area contributed by atoms with Crippen LogP contribution in [-0.2, 0) is 22.9 Å². The second-order valence-corrected chi connectivity index (χ2v) is 26.5. The third-order valence-electron chi connectivity index (χ3n) is 8.51. The topological polar surface area (TPSA) is 79.4 Å². The van der Waals surface area contributed by atoms with Gasteiger partial charge in [0.15, 0.2) is 0 Å². The lowest BCUT2D eigenvalue weighted by molar-refractivity contribution is 0.0881. The van der Waals surface area contributed by atoms with Gasteiger partial charge in [-0.25, -0.2) is 18.7 Å². The summed E-state index contributed by atoms with van der Waals surface area (Å²) in [6.45, 7) is 25.2. The van der Waals surface area contributed by atoms with Gasteiger partial charge in [-0.3, -0.25) is 9.98 Å². The van der Waals surface area contributed by atoms with E-state index in [2.05, 4.69) is 59.2 Å². The SMILES string of the molecule is CC.CC.C[Si](C)(C)CCOCn1cnc(-c2ccc(F)cc2)c1-c1ccncc1.C[Si](C)(C)CCOCn1cnc(C2=CC=NCC2)c1-c1ccc(F)cc1. The van der Waals surface area contributed by atoms with Crippen molar-refractivity contribution in [1.82, 2.24) is 24.1 Å². The molecule has 56 heavy (non-hydrogen) atoms. The van der Waals surface area contributed by atoms with E-state index in [1.54, 1.807) is 43.0 Å². The van der Waals surface area contributed by atoms with Crippen molar-refractivity contribution in [2.75, 3.05) is 19.8 Å². The Kier molecular flexibility index (Phi) is 18.9. The van der Waals surface area contributed by atoms with E-state index in [1.807, 2.05) is 67.6 Å². The molecule has 0 fully saturated rings. The second kappa shape index (κ2) is 23.0. The normalized spacial score (nSPS) is 12.4. The molecule has 0 radical (unpaired) electrons. The number of nitrogens with zero attached hydrogens (tertiary/aromatic N) is 6. The minimum Gasteiger partial charge on any atom is -0.361 e. The van der Waals surface area contributed by atoms with E-state index in [1.165, 1.54) is 24.3 Å². The van der Waals surface area contributed by atoms with Crippen LogP contribution in [0.4, 0.5) is 8.78 Å². The predicted octanol–water partition coefficient (Wildman–Crippen LogP) is 12.0. The fourth-order valence-electron chi connectivity index (χ4n) is 5.50. The van der Waals surface area contributed by atoms with E-state index in [-0.39, 0.29) is 11.6 Å². The van der Waals surface area contributed by atoms with Crippen LogP contribution in [0.3, 0.4) is 0 Å². The van der Waals surface area contributed by atoms with Crippen molar-refractivity contribution >= 4 is 27.9 Å². The number of dihydropyridines is 1. The van der Waals surface area contributed by atoms with Crippen LogP contribution in [0.25, 0.3) is 39.3 Å². The summed E-state index contributed by atoms with van der Waals surface area (Å²) in [5, 5.41) is 0. The molecule has 1 aliphatic rings. The first-order valence-corrected chi connectivity index (χ1v) is 27.2. The first-order chi connectivity index (χ1) is 26.9. The highest BCUT2D eigenvalue weighted by atomic mass is 28.3. The summed E-state index contributed by atoms with van der Waals surface area (Å²) in [5.41, 5.74) is 7.63. The number of hydrogen-bond acceptors (Lipinski definition) is 6. The van der Waals surface area contributed by atoms with Crippen LogP contribution in [0, 0.1) is 11.6 Å². The molecule has 5 aromatic rings. The van der Waals surface area contributed by atoms with Crippen LogP contribution in [0.2, 0.25) is 51.4 Å². The summed E-state index contributed by atoms with van der Waals surface area (Å²) < 4.78 is 42.5. The van der Waals surface area contributed by atoms with E-state index in [0.29, 0.717) is 13.5 Å². The lowest BCUT2D eigenvalue weighted by Gasteiger charge is -2.17. The van der Waals surface area contributed by atoms with Crippen molar-refractivity contribution in [3.63, 3.8) is 0 Å². The van der Waals surface area contributed by atoms with Crippen molar-refractivity contribution in [2.45, 2.75) is 98.9 Å². The molecule has 6 rings (SSSR count). The number of imidazole rings is 2. The van der Waals surface area contributed by atoms with Gasteiger partial charge in [0.25, 0.3) is 0 Å². The molecule has 0 saturated heterocycles. The van der Waals surface area contributed by atoms with Crippen molar-refractivity contribution in [3.05, 3.63) is 109 Å². The Bertz CT molecular complexity index is 1930. The number of rotatable bonds is 14. The number of aromatic nitrogens is 5. The summed E-state index contributed by atoms with van der Waals surface area (Å²) in [6, 6.07) is 19.1. The average molecular weight is 801 g/mol. The number of benzene rings is 2. The molecule has 8 nitrogen and oxygen atoms in total. The van der Waals surface area contributed by atoms with Gasteiger partial charge in [0.1, 0.15) is 25.1 Å². The lowest BCUT2D eigenvalue weighted by atomic mass is 10.0. The Balaban J connectivity index is 0.000000276. The summed E-state index contributed by atoms with van der Waals surface area (Å²) in [4.78, 5) is 17.5. The van der Waals surface area contributed by atoms with Crippen molar-refractivity contribution in [3.8, 4) is 33.8 Å². The molecule has 0 N–H and O–H groups in total. The van der Waals surface area contributed by atoms with Crippen molar-refractivity contribution in [1.29, 1.82) is 0 Å². The second-order valence-electron chi connectivity index (χ2n) is 15.3. The summed E-state index contributed by atoms with van der Waals surface area (Å²) in [5.74, 6) is -0.495. The van der Waals surface area contributed by atoms with Crippen molar-refractivity contribution < 1.29 is 18.3 Å². The van der Waals surface area contributed by atoms with Crippen LogP contribution in [0.5, 0.6) is 0 Å². The van der Waals surface area contributed by atoms with Gasteiger partial charge in [-0.1, -0.05) is 67.0 Å². The molecule has 302 valence electrons. The Morgan fingerprint density at radius 2 is 1.05 bits per heavy atom. The number of halogens is 2. The van der Waals surface area contributed by atoms with Gasteiger partial charge in [-0.15, -0.1) is 0 Å². The molecule has 0 saturated carbocycles. The minimum atomic E-state index is -1.12. The largest absolute Gasteiger partial charge is 0.361 e. The molecular formula is C44H62F2N6O2Si2. The number of aliphatic imine (C=N–C) groups is 1. The zero-order valence-electron chi connectivity index (χ0n) is 35.2. The maximum absolute atomic E-state index is 13.4. The van der Waals surface area contributed by atoms with Gasteiger partial charge in [0, 0.05) is 71.2 Å². The van der Waals surface area contributed by atoms with Gasteiger partial charge in [0.2, 0.25) is 0 Å². The number of ether oxygens (including phenoxy) is 2. The molecule has 0 bridgehead atoms. The maximum atomic E-state index is 13.4. The molecular weight excluding hydrogens is 739 g/mol. The van der Waals surface area contributed by atoms with Gasteiger partial charge in [0.05, 0.1) is 35.4 Å². The van der Waals surface area contributed by atoms with Crippen LogP contribution < -0.4 is 0 Å². The number of hydrogen-bond donors (Lipinski definition) is 0. The Morgan fingerprint density at radius 3 is 1.52 bits per heavy atom. The third kappa shape index (κ3) is 14.6. The van der Waals surface area contributed by atoms with E-state index in [9.17, 15) is 8.78 Å². The van der Waals surface area contributed by atoms with Crippen molar-refractivity contribution in [2.24, 2.45) is 4.99 Å². The maximum Gasteiger partial charge on any atom is 0.124 e. The Hall–Kier alpha value is -4.37. The third-order valence-corrected chi connectivity index (χ3v) is 11.9. The molecule has 0 aliphatic carbocycles. The standard InChI is InChI=1S/C20H26FN3OSi.C20H24FN3OSi.2C2H6/c1-26(2,3)13-12-25-15-24-14-23-19(16-8-10-22-11-9-16)20(24)17-4-6-18(21)7-5-17;1-26(2,3)13-12-25-15-24-14-23-19(16-4-6-18(21)7-5-16)20(24)17-8-10-22-11-9-17;2*1-2/h4-8,10,14H,9,11-13,15H2,1-3H3;4-11,14H,12-13,15H2,1-3H3;2*1-2H3. The Morgan fingerprint density at radius 1 is 0.607 bits per heavy atom. The van der Waals surface area contributed by atoms with Gasteiger partial charge in [-0.2, -0.15) is 0 Å². The highest BCUT2D eigenvalue weighted by Crippen LogP contribution is 2.32. The molecule has 0 unspecified atom stereocenters. The monoisotopic (exact) mass is 800 g/mol. The summed E-state index contributed by atoms with van der Waals surface area (Å²) in [7, 11) is -2.24. The molecule has 0 amide bonds. The van der Waals surface area contributed by atoms with E-state index >= 15 is 0 Å². The van der Waals surface area contributed by atoms with E-state index in [4.69, 9.17) is 9.47 Å². The first-order valence-electron chi connectivity index (χ1n) is 19.8. The highest BCUT2D eigenvalue weighted by Gasteiger charge is 2.19. The highest BCUT2D eigenvalue weighted by molar-refractivity contribution is 6.76. The minimum absolute atomic E-state index is 0.239. The zero-order chi connectivity index (χ0) is 41.1. The average Bonchev–Trinajstić information content (AvgIpc) is 3.82. The molecule has 2 aromatic carbocycles. The van der Waals surface area contributed by atoms with Gasteiger partial charge in [-0.05, 0) is 90.8 Å². The lowest BCUT2D eigenvalue weighted by Crippen LogP contribution is -2.22. The van der Waals surface area contributed by atoms with E-state index in [0.717, 1.165) is 83.3 Å². The number of pyridine rings is 1. The quantitative estimate of drug-likeness (QED) is 0.0825. The number of allylic oxidation sites excluding steroid dienone is 1. The van der Waals surface area contributed by atoms with Crippen LogP contribution in [0.1, 0.15) is 39.8 Å². The molecule has 0 atom stereocenters. The fraction of sp³-hybridized carbons (Fsp3) is 0.409. The predicted molar refractivity (Wildman–Crippen MR) is 235 cm³/mol. The first kappa shape index (κ1) is 46.0. The Labute approximate surface area is 335 Å². The molecule has 3 aromatic heterocycles. The van der Waals surface area contributed by atoms with Crippen LogP contribution >= 0.6 is 0 Å². The molecule has 1 aliphatic heterocycles. The van der Waals surface area contributed by atoms with E-state index < -0.39 is 16.1 Å². The molecule has 0 spiro atoms. The van der Waals surface area contributed by atoms with Gasteiger partial charge < -0.3 is 18.6 Å².